The van der Waals surface area contributed by atoms with Gasteiger partial charge in [-0.1, -0.05) is 42.5 Å². The van der Waals surface area contributed by atoms with E-state index in [4.69, 9.17) is 9.47 Å². The summed E-state index contributed by atoms with van der Waals surface area (Å²) in [6.07, 6.45) is 7.05. The van der Waals surface area contributed by atoms with E-state index in [1.54, 1.807) is 0 Å². The minimum Gasteiger partial charge on any atom is -0.459 e. The summed E-state index contributed by atoms with van der Waals surface area (Å²) in [6.45, 7) is 2.57. The van der Waals surface area contributed by atoms with Crippen LogP contribution >= 0.6 is 0 Å². The number of ether oxygens (including phenoxy) is 2. The van der Waals surface area contributed by atoms with Crippen LogP contribution in [0.2, 0.25) is 0 Å². The fraction of sp³-hybridized carbons (Fsp3) is 0.464. The molecular formula is C28H33NO4. The summed E-state index contributed by atoms with van der Waals surface area (Å²) in [4.78, 5) is 13.0. The van der Waals surface area contributed by atoms with E-state index in [1.165, 1.54) is 27.8 Å². The van der Waals surface area contributed by atoms with E-state index in [2.05, 4.69) is 47.8 Å². The van der Waals surface area contributed by atoms with Crippen LogP contribution in [0, 0.1) is 5.92 Å². The molecule has 33 heavy (non-hydrogen) atoms. The van der Waals surface area contributed by atoms with E-state index in [-0.39, 0.29) is 30.4 Å². The molecule has 1 saturated carbocycles. The fourth-order valence-corrected chi connectivity index (χ4v) is 5.33. The van der Waals surface area contributed by atoms with E-state index in [9.17, 15) is 9.90 Å². The van der Waals surface area contributed by atoms with Crippen molar-refractivity contribution >= 4 is 5.91 Å². The standard InChI is InChI=1S/C28H33NO4/c1-2-32-28-24(11-6-14-30)25(17-26(33-28)27(31)29-21-8-5-9-21)19-12-13-23-20(16-19)15-18-7-3-4-10-22(18)23/h3-4,7,10,12-13,16-17,21,24-25,28,30H,2,5-6,8-9,11,14-15H2,1H3,(H,29,31)/t24-,25+,28+/m1/s1. The first-order chi connectivity index (χ1) is 16.2. The molecule has 2 aromatic carbocycles. The summed E-state index contributed by atoms with van der Waals surface area (Å²) in [5.74, 6) is 0.218. The SMILES string of the molecule is CCO[C@H]1OC(C(=O)NC2CCC2)=C[C@@H](c2ccc3c(c2)Cc2ccccc2-3)[C@H]1CCCO. The van der Waals surface area contributed by atoms with Crippen molar-refractivity contribution in [2.24, 2.45) is 5.92 Å². The monoisotopic (exact) mass is 447 g/mol. The van der Waals surface area contributed by atoms with Crippen LogP contribution in [0.25, 0.3) is 11.1 Å². The number of fused-ring (bicyclic) bond motifs is 3. The lowest BCUT2D eigenvalue weighted by Gasteiger charge is -2.37. The largest absolute Gasteiger partial charge is 0.459 e. The Hall–Kier alpha value is -2.63. The van der Waals surface area contributed by atoms with Gasteiger partial charge >= 0.3 is 0 Å². The first-order valence-corrected chi connectivity index (χ1v) is 12.3. The Morgan fingerprint density at radius 1 is 1.15 bits per heavy atom. The van der Waals surface area contributed by atoms with Crippen molar-refractivity contribution in [3.63, 3.8) is 0 Å². The summed E-state index contributed by atoms with van der Waals surface area (Å²) in [6, 6.07) is 15.5. The number of aliphatic hydroxyl groups excluding tert-OH is 1. The average molecular weight is 448 g/mol. The second-order valence-electron chi connectivity index (χ2n) is 9.38. The lowest BCUT2D eigenvalue weighted by atomic mass is 9.79. The molecule has 2 aromatic rings. The second kappa shape index (κ2) is 9.70. The van der Waals surface area contributed by atoms with E-state index >= 15 is 0 Å². The molecule has 5 rings (SSSR count). The van der Waals surface area contributed by atoms with Gasteiger partial charge in [-0.2, -0.15) is 0 Å². The normalized spacial score (nSPS) is 23.7. The van der Waals surface area contributed by atoms with Crippen molar-refractivity contribution in [1.29, 1.82) is 0 Å². The molecule has 174 valence electrons. The second-order valence-corrected chi connectivity index (χ2v) is 9.38. The van der Waals surface area contributed by atoms with Crippen LogP contribution in [0.3, 0.4) is 0 Å². The highest BCUT2D eigenvalue weighted by atomic mass is 16.7. The Morgan fingerprint density at radius 3 is 2.73 bits per heavy atom. The Labute approximate surface area is 195 Å². The maximum Gasteiger partial charge on any atom is 0.286 e. The first-order valence-electron chi connectivity index (χ1n) is 12.3. The molecule has 1 fully saturated rings. The molecule has 3 aliphatic rings. The molecule has 0 bridgehead atoms. The Morgan fingerprint density at radius 2 is 1.97 bits per heavy atom. The number of amides is 1. The quantitative estimate of drug-likeness (QED) is 0.526. The lowest BCUT2D eigenvalue weighted by Crippen LogP contribution is -2.43. The van der Waals surface area contributed by atoms with Gasteiger partial charge in [-0.05, 0) is 79.3 Å². The summed E-state index contributed by atoms with van der Waals surface area (Å²) < 4.78 is 12.1. The van der Waals surface area contributed by atoms with Gasteiger partial charge in [0.25, 0.3) is 5.91 Å². The zero-order valence-electron chi connectivity index (χ0n) is 19.3. The molecule has 5 nitrogen and oxygen atoms in total. The third-order valence-corrected chi connectivity index (χ3v) is 7.28. The third-order valence-electron chi connectivity index (χ3n) is 7.28. The third kappa shape index (κ3) is 4.44. The van der Waals surface area contributed by atoms with Crippen LogP contribution in [0.5, 0.6) is 0 Å². The summed E-state index contributed by atoms with van der Waals surface area (Å²) >= 11 is 0. The topological polar surface area (TPSA) is 67.8 Å². The molecule has 0 unspecified atom stereocenters. The van der Waals surface area contributed by atoms with Crippen LogP contribution in [0.4, 0.5) is 0 Å². The number of carbonyl (C=O) groups excluding carboxylic acids is 1. The highest BCUT2D eigenvalue weighted by molar-refractivity contribution is 5.92. The minimum atomic E-state index is -0.510. The molecular weight excluding hydrogens is 414 g/mol. The molecule has 0 aromatic heterocycles. The van der Waals surface area contributed by atoms with Gasteiger partial charge in [0.05, 0.1) is 0 Å². The van der Waals surface area contributed by atoms with Crippen LogP contribution in [-0.2, 0) is 20.7 Å². The van der Waals surface area contributed by atoms with Gasteiger partial charge in [0.15, 0.2) is 5.76 Å². The first kappa shape index (κ1) is 22.2. The van der Waals surface area contributed by atoms with Gasteiger partial charge in [-0.3, -0.25) is 4.79 Å². The zero-order valence-corrected chi connectivity index (χ0v) is 19.3. The van der Waals surface area contributed by atoms with Gasteiger partial charge in [0, 0.05) is 31.1 Å². The van der Waals surface area contributed by atoms with Crippen molar-refractivity contribution in [2.45, 2.75) is 63.7 Å². The Bertz CT molecular complexity index is 1040. The number of hydrogen-bond acceptors (Lipinski definition) is 4. The molecule has 1 aliphatic heterocycles. The number of rotatable bonds is 8. The van der Waals surface area contributed by atoms with E-state index < -0.39 is 6.29 Å². The molecule has 3 atom stereocenters. The van der Waals surface area contributed by atoms with Gasteiger partial charge < -0.3 is 19.9 Å². The number of nitrogens with one attached hydrogen (secondary N) is 1. The van der Waals surface area contributed by atoms with Crippen molar-refractivity contribution < 1.29 is 19.4 Å². The molecule has 0 radical (unpaired) electrons. The lowest BCUT2D eigenvalue weighted by molar-refractivity contribution is -0.167. The smallest absolute Gasteiger partial charge is 0.286 e. The van der Waals surface area contributed by atoms with E-state index in [1.807, 2.05) is 13.0 Å². The highest BCUT2D eigenvalue weighted by Crippen LogP contribution is 2.43. The van der Waals surface area contributed by atoms with Gasteiger partial charge in [-0.25, -0.2) is 0 Å². The summed E-state index contributed by atoms with van der Waals surface area (Å²) in [5, 5.41) is 12.6. The molecule has 5 heteroatoms. The molecule has 1 heterocycles. The molecule has 0 saturated heterocycles. The number of hydrogen-bond donors (Lipinski definition) is 2. The fourth-order valence-electron chi connectivity index (χ4n) is 5.33. The van der Waals surface area contributed by atoms with Crippen molar-refractivity contribution in [3.05, 3.63) is 71.0 Å². The van der Waals surface area contributed by atoms with Crippen LogP contribution in [0.1, 0.15) is 61.6 Å². The minimum absolute atomic E-state index is 0.0157. The number of carbonyl (C=O) groups is 1. The van der Waals surface area contributed by atoms with E-state index in [0.29, 0.717) is 18.8 Å². The zero-order chi connectivity index (χ0) is 22.8. The van der Waals surface area contributed by atoms with Gasteiger partial charge in [-0.15, -0.1) is 0 Å². The number of allylic oxidation sites excluding steroid dienone is 1. The van der Waals surface area contributed by atoms with Gasteiger partial charge in [0.2, 0.25) is 6.29 Å². The van der Waals surface area contributed by atoms with Crippen LogP contribution in [0.15, 0.2) is 54.3 Å². The average Bonchev–Trinajstić information content (AvgIpc) is 3.18. The predicted octanol–water partition coefficient (Wildman–Crippen LogP) is 4.68. The molecule has 0 spiro atoms. The van der Waals surface area contributed by atoms with Crippen molar-refractivity contribution in [2.75, 3.05) is 13.2 Å². The Balaban J connectivity index is 1.48. The van der Waals surface area contributed by atoms with Crippen LogP contribution < -0.4 is 5.32 Å². The maximum absolute atomic E-state index is 13.0. The van der Waals surface area contributed by atoms with Crippen molar-refractivity contribution in [1.82, 2.24) is 5.32 Å². The maximum atomic E-state index is 13.0. The summed E-state index contributed by atoms with van der Waals surface area (Å²) in [5.41, 5.74) is 6.46. The van der Waals surface area contributed by atoms with Crippen molar-refractivity contribution in [3.8, 4) is 11.1 Å². The Kier molecular flexibility index (Phi) is 6.52. The molecule has 1 amide bonds. The number of aliphatic hydroxyl groups is 1. The number of benzene rings is 2. The van der Waals surface area contributed by atoms with E-state index in [0.717, 1.165) is 32.1 Å². The van der Waals surface area contributed by atoms with Gasteiger partial charge in [0.1, 0.15) is 0 Å². The highest BCUT2D eigenvalue weighted by Gasteiger charge is 2.38. The molecule has 2 aliphatic carbocycles. The molecule has 2 N–H and O–H groups in total. The summed E-state index contributed by atoms with van der Waals surface area (Å²) in [7, 11) is 0. The van der Waals surface area contributed by atoms with Crippen LogP contribution in [-0.4, -0.2) is 36.6 Å². The predicted molar refractivity (Wildman–Crippen MR) is 128 cm³/mol.